The van der Waals surface area contributed by atoms with E-state index in [9.17, 15) is 14.4 Å². The Kier molecular flexibility index (Phi) is 5.86. The number of halogens is 1. The van der Waals surface area contributed by atoms with E-state index in [4.69, 9.17) is 30.9 Å². The molecule has 0 saturated heterocycles. The number of methoxy groups -OCH3 is 2. The first kappa shape index (κ1) is 22.4. The maximum atomic E-state index is 13.4. The van der Waals surface area contributed by atoms with Gasteiger partial charge in [-0.3, -0.25) is 4.79 Å². The molecule has 0 amide bonds. The van der Waals surface area contributed by atoms with Gasteiger partial charge in [-0.15, -0.1) is 0 Å². The van der Waals surface area contributed by atoms with E-state index >= 15 is 0 Å². The zero-order chi connectivity index (χ0) is 23.9. The predicted molar refractivity (Wildman–Crippen MR) is 119 cm³/mol. The molecule has 9 heteroatoms. The van der Waals surface area contributed by atoms with Gasteiger partial charge in [-0.25, -0.2) is 9.59 Å². The molecule has 0 fully saturated rings. The summed E-state index contributed by atoms with van der Waals surface area (Å²) >= 11 is 6.44. The van der Waals surface area contributed by atoms with Crippen LogP contribution in [0.3, 0.4) is 0 Å². The van der Waals surface area contributed by atoms with Crippen LogP contribution >= 0.6 is 11.6 Å². The Morgan fingerprint density at radius 3 is 2.48 bits per heavy atom. The molecule has 1 aliphatic heterocycles. The number of allylic oxidation sites excluding steroid dienone is 2. The summed E-state index contributed by atoms with van der Waals surface area (Å²) in [4.78, 5) is 37.2. The van der Waals surface area contributed by atoms with Crippen molar-refractivity contribution in [1.29, 1.82) is 0 Å². The average molecular weight is 470 g/mol. The number of aliphatic carboxylic acids is 1. The van der Waals surface area contributed by atoms with Crippen LogP contribution < -0.4 is 14.8 Å². The lowest BCUT2D eigenvalue weighted by atomic mass is 9.79. The molecule has 0 saturated carbocycles. The third kappa shape index (κ3) is 3.72. The average Bonchev–Trinajstić information content (AvgIpc) is 3.08. The number of hydrogen-bond acceptors (Lipinski definition) is 7. The molecule has 1 aliphatic carbocycles. The van der Waals surface area contributed by atoms with E-state index in [2.05, 4.69) is 5.32 Å². The Balaban J connectivity index is 1.92. The molecule has 0 unspecified atom stereocenters. The van der Waals surface area contributed by atoms with Crippen molar-refractivity contribution >= 4 is 35.0 Å². The second-order valence-corrected chi connectivity index (χ2v) is 7.88. The summed E-state index contributed by atoms with van der Waals surface area (Å²) in [5, 5.41) is 12.2. The molecule has 33 heavy (non-hydrogen) atoms. The van der Waals surface area contributed by atoms with Crippen molar-refractivity contribution in [2.24, 2.45) is 0 Å². The highest BCUT2D eigenvalue weighted by atomic mass is 35.5. The molecule has 170 valence electrons. The number of carbonyl (C=O) groups excluding carboxylic acids is 2. The maximum Gasteiger partial charge on any atom is 0.341 e. The Bertz CT molecular complexity index is 1260. The van der Waals surface area contributed by atoms with Crippen LogP contribution in [-0.4, -0.2) is 43.7 Å². The first-order valence-corrected chi connectivity index (χ1v) is 10.3. The molecule has 0 bridgehead atoms. The number of carboxylic acids is 1. The molecule has 8 nitrogen and oxygen atoms in total. The fraction of sp³-hybridized carbons (Fsp3) is 0.208. The largest absolute Gasteiger partial charge is 0.493 e. The summed E-state index contributed by atoms with van der Waals surface area (Å²) in [6.45, 7) is 1.12. The number of carbonyl (C=O) groups is 3. The summed E-state index contributed by atoms with van der Waals surface area (Å²) in [7, 11) is 2.65. The summed E-state index contributed by atoms with van der Waals surface area (Å²) < 4.78 is 15.7. The second-order valence-electron chi connectivity index (χ2n) is 7.47. The molecule has 4 rings (SSSR count). The highest BCUT2D eigenvalue weighted by Crippen LogP contribution is 2.49. The highest BCUT2D eigenvalue weighted by molar-refractivity contribution is 6.32. The van der Waals surface area contributed by atoms with E-state index < -0.39 is 24.5 Å². The van der Waals surface area contributed by atoms with E-state index in [0.29, 0.717) is 28.1 Å². The van der Waals surface area contributed by atoms with Crippen molar-refractivity contribution in [2.75, 3.05) is 20.8 Å². The number of nitrogens with one attached hydrogen (secondary N) is 1. The van der Waals surface area contributed by atoms with Crippen LogP contribution in [0.2, 0.25) is 5.02 Å². The number of hydrogen-bond donors (Lipinski definition) is 2. The summed E-state index contributed by atoms with van der Waals surface area (Å²) in [5.41, 5.74) is 3.57. The molecule has 2 N–H and O–H groups in total. The van der Waals surface area contributed by atoms with Gasteiger partial charge in [0.05, 0.1) is 30.5 Å². The van der Waals surface area contributed by atoms with Crippen LogP contribution in [0.25, 0.3) is 5.70 Å². The van der Waals surface area contributed by atoms with Gasteiger partial charge in [0.25, 0.3) is 0 Å². The van der Waals surface area contributed by atoms with E-state index in [1.807, 2.05) is 12.1 Å². The van der Waals surface area contributed by atoms with Crippen molar-refractivity contribution in [2.45, 2.75) is 12.8 Å². The van der Waals surface area contributed by atoms with Crippen LogP contribution in [-0.2, 0) is 14.3 Å². The van der Waals surface area contributed by atoms with Crippen LogP contribution in [0.1, 0.15) is 34.3 Å². The molecule has 2 aromatic rings. The molecule has 1 heterocycles. The molecular weight excluding hydrogens is 450 g/mol. The van der Waals surface area contributed by atoms with Gasteiger partial charge in [-0.05, 0) is 24.6 Å². The SMILES string of the molecule is COC(=O)C1=C(C)NC2=C(C(=O)c3ccccc32)[C@H]1c1cc(Cl)c(OCC(=O)O)c(OC)c1. The molecule has 1 atom stereocenters. The Morgan fingerprint density at radius 1 is 1.15 bits per heavy atom. The number of esters is 1. The van der Waals surface area contributed by atoms with Gasteiger partial charge >= 0.3 is 11.9 Å². The molecule has 0 radical (unpaired) electrons. The maximum absolute atomic E-state index is 13.4. The molecule has 0 aromatic heterocycles. The molecule has 0 spiro atoms. The number of ether oxygens (including phenoxy) is 3. The molecular formula is C24H20ClNO7. The summed E-state index contributed by atoms with van der Waals surface area (Å²) in [6.07, 6.45) is 0. The van der Waals surface area contributed by atoms with Crippen molar-refractivity contribution in [1.82, 2.24) is 5.32 Å². The van der Waals surface area contributed by atoms with Crippen LogP contribution in [0.4, 0.5) is 0 Å². The van der Waals surface area contributed by atoms with Crippen molar-refractivity contribution < 1.29 is 33.7 Å². The van der Waals surface area contributed by atoms with Crippen LogP contribution in [0.5, 0.6) is 11.5 Å². The lowest BCUT2D eigenvalue weighted by Gasteiger charge is -2.29. The van der Waals surface area contributed by atoms with E-state index in [-0.39, 0.29) is 27.9 Å². The van der Waals surface area contributed by atoms with Gasteiger partial charge in [0.15, 0.2) is 23.9 Å². The minimum absolute atomic E-state index is 0.0507. The molecule has 2 aliphatic rings. The van der Waals surface area contributed by atoms with Crippen molar-refractivity contribution in [3.8, 4) is 11.5 Å². The predicted octanol–water partition coefficient (Wildman–Crippen LogP) is 3.55. The first-order chi connectivity index (χ1) is 15.8. The van der Waals surface area contributed by atoms with Gasteiger partial charge in [-0.2, -0.15) is 0 Å². The third-order valence-corrected chi connectivity index (χ3v) is 5.86. The summed E-state index contributed by atoms with van der Waals surface area (Å²) in [6, 6.07) is 10.3. The summed E-state index contributed by atoms with van der Waals surface area (Å²) in [5.74, 6) is -2.56. The first-order valence-electron chi connectivity index (χ1n) is 9.94. The molecule has 2 aromatic carbocycles. The van der Waals surface area contributed by atoms with Crippen molar-refractivity contribution in [3.63, 3.8) is 0 Å². The normalized spacial score (nSPS) is 16.7. The quantitative estimate of drug-likeness (QED) is 0.618. The van der Waals surface area contributed by atoms with Gasteiger partial charge in [-0.1, -0.05) is 35.9 Å². The Labute approximate surface area is 194 Å². The minimum Gasteiger partial charge on any atom is -0.493 e. The van der Waals surface area contributed by atoms with Crippen molar-refractivity contribution in [3.05, 3.63) is 75.0 Å². The topological polar surface area (TPSA) is 111 Å². The minimum atomic E-state index is -1.17. The number of benzene rings is 2. The van der Waals surface area contributed by atoms with E-state index in [1.165, 1.54) is 20.3 Å². The fourth-order valence-electron chi connectivity index (χ4n) is 4.22. The lowest BCUT2D eigenvalue weighted by Crippen LogP contribution is -2.29. The number of ketones is 1. The third-order valence-electron chi connectivity index (χ3n) is 5.58. The second kappa shape index (κ2) is 8.63. The van der Waals surface area contributed by atoms with Gasteiger partial charge in [0, 0.05) is 28.3 Å². The van der Waals surface area contributed by atoms with Gasteiger partial charge < -0.3 is 24.6 Å². The zero-order valence-electron chi connectivity index (χ0n) is 18.0. The van der Waals surface area contributed by atoms with Gasteiger partial charge in [0.2, 0.25) is 0 Å². The number of fused-ring (bicyclic) bond motifs is 2. The number of Topliss-reactive ketones (excluding diaryl/α,β-unsaturated/α-hetero) is 1. The Hall–Kier alpha value is -3.78. The Morgan fingerprint density at radius 2 is 1.85 bits per heavy atom. The number of carboxylic acid groups (broad SMARTS) is 1. The number of rotatable bonds is 6. The monoisotopic (exact) mass is 469 g/mol. The number of dihydropyridines is 1. The zero-order valence-corrected chi connectivity index (χ0v) is 18.8. The van der Waals surface area contributed by atoms with Crippen LogP contribution in [0, 0.1) is 0 Å². The lowest BCUT2D eigenvalue weighted by molar-refractivity contribution is -0.139. The van der Waals surface area contributed by atoms with E-state index in [1.54, 1.807) is 25.1 Å². The van der Waals surface area contributed by atoms with E-state index in [0.717, 1.165) is 5.56 Å². The fourth-order valence-corrected chi connectivity index (χ4v) is 4.50. The van der Waals surface area contributed by atoms with Crippen LogP contribution in [0.15, 0.2) is 53.2 Å². The highest BCUT2D eigenvalue weighted by Gasteiger charge is 2.43. The smallest absolute Gasteiger partial charge is 0.341 e. The standard InChI is InChI=1S/C24H20ClNO7/c1-11-18(24(30)32-3)19(20-21(26-11)13-6-4-5-7-14(13)22(20)29)12-8-15(25)23(16(9-12)31-2)33-10-17(27)28/h4-9,19,26H,10H2,1-3H3,(H,27,28)/t19-/m0/s1. The van der Waals surface area contributed by atoms with Gasteiger partial charge in [0.1, 0.15) is 0 Å².